The lowest BCUT2D eigenvalue weighted by Gasteiger charge is -2.23. The third-order valence-electron chi connectivity index (χ3n) is 3.13. The van der Waals surface area contributed by atoms with Crippen LogP contribution in [0, 0.1) is 0 Å². The standard InChI is InChI=1S/C13H16F3NS/c14-13(15,16)12-4-2-1-3-10(12)9-17-11-5-7-18-8-6-11/h1-4,11,17H,5-9H2. The Bertz CT molecular complexity index is 386. The zero-order valence-electron chi connectivity index (χ0n) is 9.96. The highest BCUT2D eigenvalue weighted by Crippen LogP contribution is 2.31. The van der Waals surface area contributed by atoms with Gasteiger partial charge in [-0.15, -0.1) is 0 Å². The van der Waals surface area contributed by atoms with E-state index in [9.17, 15) is 13.2 Å². The predicted molar refractivity (Wildman–Crippen MR) is 68.6 cm³/mol. The van der Waals surface area contributed by atoms with Gasteiger partial charge in [-0.1, -0.05) is 18.2 Å². The van der Waals surface area contributed by atoms with E-state index >= 15 is 0 Å². The van der Waals surface area contributed by atoms with E-state index in [-0.39, 0.29) is 0 Å². The lowest BCUT2D eigenvalue weighted by Crippen LogP contribution is -2.32. The van der Waals surface area contributed by atoms with Gasteiger partial charge in [-0.2, -0.15) is 24.9 Å². The van der Waals surface area contributed by atoms with Crippen molar-refractivity contribution in [2.45, 2.75) is 31.6 Å². The number of hydrogen-bond donors (Lipinski definition) is 1. The maximum Gasteiger partial charge on any atom is 0.416 e. The minimum absolute atomic E-state index is 0.297. The van der Waals surface area contributed by atoms with E-state index in [4.69, 9.17) is 0 Å². The van der Waals surface area contributed by atoms with Crippen molar-refractivity contribution in [1.29, 1.82) is 0 Å². The Labute approximate surface area is 109 Å². The Morgan fingerprint density at radius 2 is 1.83 bits per heavy atom. The fourth-order valence-corrected chi connectivity index (χ4v) is 3.21. The van der Waals surface area contributed by atoms with Crippen LogP contribution in [-0.4, -0.2) is 17.5 Å². The highest BCUT2D eigenvalue weighted by atomic mass is 32.2. The van der Waals surface area contributed by atoms with Crippen molar-refractivity contribution in [2.75, 3.05) is 11.5 Å². The molecular formula is C13H16F3NS. The summed E-state index contributed by atoms with van der Waals surface area (Å²) >= 11 is 1.91. The molecule has 1 nitrogen and oxygen atoms in total. The predicted octanol–water partition coefficient (Wildman–Crippen LogP) is 3.69. The summed E-state index contributed by atoms with van der Waals surface area (Å²) in [6.07, 6.45) is -2.18. The van der Waals surface area contributed by atoms with Gasteiger partial charge in [0.1, 0.15) is 0 Å². The Morgan fingerprint density at radius 3 is 2.50 bits per heavy atom. The molecule has 0 aliphatic carbocycles. The maximum atomic E-state index is 12.8. The van der Waals surface area contributed by atoms with E-state index in [1.807, 2.05) is 11.8 Å². The molecule has 1 aromatic carbocycles. The van der Waals surface area contributed by atoms with Crippen molar-refractivity contribution in [3.05, 3.63) is 35.4 Å². The molecule has 0 spiro atoms. The molecule has 1 saturated heterocycles. The second-order valence-electron chi connectivity index (χ2n) is 4.42. The first kappa shape index (κ1) is 13.7. The van der Waals surface area contributed by atoms with Crippen LogP contribution in [0.1, 0.15) is 24.0 Å². The fourth-order valence-electron chi connectivity index (χ4n) is 2.11. The zero-order valence-corrected chi connectivity index (χ0v) is 10.8. The Hall–Kier alpha value is -0.680. The van der Waals surface area contributed by atoms with E-state index in [1.54, 1.807) is 12.1 Å². The highest BCUT2D eigenvalue weighted by molar-refractivity contribution is 7.99. The van der Waals surface area contributed by atoms with E-state index in [0.29, 0.717) is 18.2 Å². The second kappa shape index (κ2) is 5.97. The van der Waals surface area contributed by atoms with Gasteiger partial charge >= 0.3 is 6.18 Å². The minimum Gasteiger partial charge on any atom is -0.310 e. The van der Waals surface area contributed by atoms with Crippen molar-refractivity contribution < 1.29 is 13.2 Å². The molecule has 1 aromatic rings. The largest absolute Gasteiger partial charge is 0.416 e. The van der Waals surface area contributed by atoms with Crippen molar-refractivity contribution in [1.82, 2.24) is 5.32 Å². The number of benzene rings is 1. The zero-order chi connectivity index (χ0) is 13.0. The van der Waals surface area contributed by atoms with Crippen LogP contribution in [-0.2, 0) is 12.7 Å². The smallest absolute Gasteiger partial charge is 0.310 e. The van der Waals surface area contributed by atoms with E-state index in [0.717, 1.165) is 30.4 Å². The van der Waals surface area contributed by atoms with Crippen LogP contribution >= 0.6 is 11.8 Å². The van der Waals surface area contributed by atoms with E-state index < -0.39 is 11.7 Å². The second-order valence-corrected chi connectivity index (χ2v) is 5.65. The van der Waals surface area contributed by atoms with Gasteiger partial charge in [-0.25, -0.2) is 0 Å². The SMILES string of the molecule is FC(F)(F)c1ccccc1CNC1CCSCC1. The molecule has 5 heteroatoms. The Morgan fingerprint density at radius 1 is 1.17 bits per heavy atom. The van der Waals surface area contributed by atoms with Crippen molar-refractivity contribution in [3.8, 4) is 0 Å². The van der Waals surface area contributed by atoms with Gasteiger partial charge in [-0.3, -0.25) is 0 Å². The molecule has 1 aliphatic rings. The Kier molecular flexibility index (Phi) is 4.56. The molecule has 1 aliphatic heterocycles. The molecule has 100 valence electrons. The maximum absolute atomic E-state index is 12.8. The van der Waals surface area contributed by atoms with Gasteiger partial charge in [0.2, 0.25) is 0 Å². The quantitative estimate of drug-likeness (QED) is 0.903. The van der Waals surface area contributed by atoms with Crippen molar-refractivity contribution in [2.24, 2.45) is 0 Å². The van der Waals surface area contributed by atoms with Gasteiger partial charge in [0.15, 0.2) is 0 Å². The molecule has 0 bridgehead atoms. The lowest BCUT2D eigenvalue weighted by atomic mass is 10.1. The van der Waals surface area contributed by atoms with Crippen LogP contribution in [0.4, 0.5) is 13.2 Å². The van der Waals surface area contributed by atoms with Gasteiger partial charge < -0.3 is 5.32 Å². The monoisotopic (exact) mass is 275 g/mol. The summed E-state index contributed by atoms with van der Waals surface area (Å²) in [6.45, 7) is 0.297. The topological polar surface area (TPSA) is 12.0 Å². The van der Waals surface area contributed by atoms with E-state index in [1.165, 1.54) is 6.07 Å². The number of alkyl halides is 3. The molecule has 18 heavy (non-hydrogen) atoms. The van der Waals surface area contributed by atoms with Crippen LogP contribution in [0.5, 0.6) is 0 Å². The van der Waals surface area contributed by atoms with Crippen LogP contribution in [0.2, 0.25) is 0 Å². The van der Waals surface area contributed by atoms with Gasteiger partial charge in [0.25, 0.3) is 0 Å². The summed E-state index contributed by atoms with van der Waals surface area (Å²) in [5.74, 6) is 2.19. The summed E-state index contributed by atoms with van der Waals surface area (Å²) in [5.41, 5.74) is -0.189. The third-order valence-corrected chi connectivity index (χ3v) is 4.17. The molecule has 0 unspecified atom stereocenters. The molecule has 1 N–H and O–H groups in total. The molecule has 0 saturated carbocycles. The van der Waals surface area contributed by atoms with Crippen LogP contribution < -0.4 is 5.32 Å². The molecule has 0 amide bonds. The highest BCUT2D eigenvalue weighted by Gasteiger charge is 2.32. The molecule has 1 fully saturated rings. The van der Waals surface area contributed by atoms with E-state index in [2.05, 4.69) is 5.32 Å². The Balaban J connectivity index is 2.00. The molecule has 1 heterocycles. The van der Waals surface area contributed by atoms with Crippen LogP contribution in [0.25, 0.3) is 0 Å². The fraction of sp³-hybridized carbons (Fsp3) is 0.538. The summed E-state index contributed by atoms with van der Waals surface area (Å²) in [4.78, 5) is 0. The average molecular weight is 275 g/mol. The molecule has 0 radical (unpaired) electrons. The summed E-state index contributed by atoms with van der Waals surface area (Å²) in [5, 5.41) is 3.24. The minimum atomic E-state index is -4.26. The van der Waals surface area contributed by atoms with Crippen molar-refractivity contribution in [3.63, 3.8) is 0 Å². The molecule has 0 atom stereocenters. The van der Waals surface area contributed by atoms with Gasteiger partial charge in [-0.05, 0) is 36.0 Å². The summed E-state index contributed by atoms with van der Waals surface area (Å²) in [7, 11) is 0. The number of nitrogens with one attached hydrogen (secondary N) is 1. The average Bonchev–Trinajstić information content (AvgIpc) is 2.37. The van der Waals surface area contributed by atoms with Crippen molar-refractivity contribution >= 4 is 11.8 Å². The summed E-state index contributed by atoms with van der Waals surface area (Å²) < 4.78 is 38.3. The number of halogens is 3. The first-order valence-electron chi connectivity index (χ1n) is 6.03. The molecule has 0 aromatic heterocycles. The first-order valence-corrected chi connectivity index (χ1v) is 7.19. The molecular weight excluding hydrogens is 259 g/mol. The number of hydrogen-bond acceptors (Lipinski definition) is 2. The number of thioether (sulfide) groups is 1. The summed E-state index contributed by atoms with van der Waals surface area (Å²) in [6, 6.07) is 6.14. The van der Waals surface area contributed by atoms with Crippen LogP contribution in [0.15, 0.2) is 24.3 Å². The number of rotatable bonds is 3. The van der Waals surface area contributed by atoms with Crippen LogP contribution in [0.3, 0.4) is 0 Å². The normalized spacial score (nSPS) is 17.9. The lowest BCUT2D eigenvalue weighted by molar-refractivity contribution is -0.138. The third kappa shape index (κ3) is 3.65. The van der Waals surface area contributed by atoms with Gasteiger partial charge in [0, 0.05) is 12.6 Å². The van der Waals surface area contributed by atoms with Gasteiger partial charge in [0.05, 0.1) is 5.56 Å². The molecule has 2 rings (SSSR count). The first-order chi connectivity index (χ1) is 8.57.